The zero-order chi connectivity index (χ0) is 18.3. The molecule has 6 heteroatoms. The largest absolute Gasteiger partial charge is 0.313 e. The summed E-state index contributed by atoms with van der Waals surface area (Å²) >= 11 is 3.14. The molecule has 130 valence electrons. The molecular formula is C20H15FN2OS2. The Morgan fingerprint density at radius 2 is 1.77 bits per heavy atom. The van der Waals surface area contributed by atoms with Crippen LogP contribution in [0.5, 0.6) is 0 Å². The minimum atomic E-state index is -0.362. The molecule has 4 aromatic rings. The van der Waals surface area contributed by atoms with Crippen LogP contribution in [0.1, 0.15) is 20.8 Å². The lowest BCUT2D eigenvalue weighted by Gasteiger charge is -2.06. The second-order valence-electron chi connectivity index (χ2n) is 5.94. The molecule has 0 fully saturated rings. The van der Waals surface area contributed by atoms with E-state index in [2.05, 4.69) is 5.32 Å². The van der Waals surface area contributed by atoms with Crippen molar-refractivity contribution in [3.63, 3.8) is 0 Å². The van der Waals surface area contributed by atoms with Gasteiger partial charge in [0.1, 0.15) is 15.8 Å². The van der Waals surface area contributed by atoms with E-state index in [9.17, 15) is 9.18 Å². The molecule has 0 bridgehead atoms. The Balaban J connectivity index is 1.74. The summed E-state index contributed by atoms with van der Waals surface area (Å²) in [6, 6.07) is 13.5. The Morgan fingerprint density at radius 1 is 1.04 bits per heavy atom. The number of para-hydroxylation sites is 1. The van der Waals surface area contributed by atoms with Gasteiger partial charge in [-0.3, -0.25) is 4.79 Å². The third-order valence-electron chi connectivity index (χ3n) is 4.23. The van der Waals surface area contributed by atoms with Crippen LogP contribution in [0, 0.1) is 19.7 Å². The van der Waals surface area contributed by atoms with Crippen LogP contribution in [0.4, 0.5) is 9.39 Å². The number of nitrogens with one attached hydrogen (secondary N) is 1. The molecule has 2 aromatic heterocycles. The average molecular weight is 382 g/mol. The minimum absolute atomic E-state index is 0.256. The fourth-order valence-corrected chi connectivity index (χ4v) is 4.92. The first-order valence-corrected chi connectivity index (χ1v) is 9.69. The summed E-state index contributed by atoms with van der Waals surface area (Å²) in [5, 5.41) is 4.64. The number of rotatable bonds is 3. The summed E-state index contributed by atoms with van der Waals surface area (Å²) in [5.74, 6) is -0.617. The predicted octanol–water partition coefficient (Wildman–Crippen LogP) is 6.03. The number of carbonyl (C=O) groups is 1. The maximum absolute atomic E-state index is 13.1. The van der Waals surface area contributed by atoms with Crippen molar-refractivity contribution < 1.29 is 9.18 Å². The Hall–Kier alpha value is -2.57. The standard InChI is InChI=1S/C20H15FN2OS2/c1-11-12(2)25-20(23-18(24)13-7-9-14(21)10-8-13)17(11)19-22-15-5-3-4-6-16(15)26-19/h3-10H,1-2H3,(H,23,24). The van der Waals surface area contributed by atoms with Crippen molar-refractivity contribution in [2.75, 3.05) is 5.32 Å². The number of hydrogen-bond donors (Lipinski definition) is 1. The van der Waals surface area contributed by atoms with Crippen LogP contribution in [0.25, 0.3) is 20.8 Å². The molecule has 1 amide bonds. The van der Waals surface area contributed by atoms with Gasteiger partial charge in [0.25, 0.3) is 5.91 Å². The van der Waals surface area contributed by atoms with Crippen molar-refractivity contribution >= 4 is 43.8 Å². The summed E-state index contributed by atoms with van der Waals surface area (Å²) < 4.78 is 14.2. The Kier molecular flexibility index (Phi) is 4.30. The number of amides is 1. The SMILES string of the molecule is Cc1sc(NC(=O)c2ccc(F)cc2)c(-c2nc3ccccc3s2)c1C. The topological polar surface area (TPSA) is 42.0 Å². The van der Waals surface area contributed by atoms with Crippen molar-refractivity contribution in [1.82, 2.24) is 4.98 Å². The van der Waals surface area contributed by atoms with Crippen molar-refractivity contribution in [2.24, 2.45) is 0 Å². The van der Waals surface area contributed by atoms with Crippen LogP contribution in [-0.4, -0.2) is 10.9 Å². The summed E-state index contributed by atoms with van der Waals surface area (Å²) in [7, 11) is 0. The first-order valence-electron chi connectivity index (χ1n) is 8.06. The number of thiazole rings is 1. The molecule has 0 aliphatic carbocycles. The van der Waals surface area contributed by atoms with Gasteiger partial charge in [-0.1, -0.05) is 12.1 Å². The second-order valence-corrected chi connectivity index (χ2v) is 8.19. The highest BCUT2D eigenvalue weighted by molar-refractivity contribution is 7.22. The van der Waals surface area contributed by atoms with E-state index >= 15 is 0 Å². The molecule has 0 saturated heterocycles. The highest BCUT2D eigenvalue weighted by atomic mass is 32.1. The number of benzene rings is 2. The van der Waals surface area contributed by atoms with Crippen molar-refractivity contribution in [3.05, 3.63) is 70.4 Å². The van der Waals surface area contributed by atoms with E-state index < -0.39 is 0 Å². The molecule has 0 radical (unpaired) electrons. The van der Waals surface area contributed by atoms with Crippen molar-refractivity contribution in [2.45, 2.75) is 13.8 Å². The molecule has 0 saturated carbocycles. The molecule has 2 aromatic carbocycles. The lowest BCUT2D eigenvalue weighted by molar-refractivity contribution is 0.102. The minimum Gasteiger partial charge on any atom is -0.313 e. The highest BCUT2D eigenvalue weighted by Crippen LogP contribution is 2.43. The Bertz CT molecular complexity index is 1080. The van der Waals surface area contributed by atoms with E-state index in [0.29, 0.717) is 5.56 Å². The van der Waals surface area contributed by atoms with Gasteiger partial charge in [-0.2, -0.15) is 0 Å². The van der Waals surface area contributed by atoms with Crippen LogP contribution < -0.4 is 5.32 Å². The van der Waals surface area contributed by atoms with Crippen molar-refractivity contribution in [1.29, 1.82) is 0 Å². The van der Waals surface area contributed by atoms with Crippen LogP contribution in [0.3, 0.4) is 0 Å². The quantitative estimate of drug-likeness (QED) is 0.470. The lowest BCUT2D eigenvalue weighted by Crippen LogP contribution is -2.11. The summed E-state index contributed by atoms with van der Waals surface area (Å²) in [6.45, 7) is 4.07. The van der Waals surface area contributed by atoms with Gasteiger partial charge in [-0.05, 0) is 55.8 Å². The normalized spacial score (nSPS) is 11.0. The Labute approximate surface area is 158 Å². The third kappa shape index (κ3) is 3.02. The number of aryl methyl sites for hydroxylation is 1. The molecule has 26 heavy (non-hydrogen) atoms. The highest BCUT2D eigenvalue weighted by Gasteiger charge is 2.20. The molecule has 4 rings (SSSR count). The van der Waals surface area contributed by atoms with Crippen LogP contribution in [0.15, 0.2) is 48.5 Å². The molecule has 1 N–H and O–H groups in total. The number of thiophene rings is 1. The molecule has 0 spiro atoms. The molecule has 0 aliphatic heterocycles. The third-order valence-corrected chi connectivity index (χ3v) is 6.40. The van der Waals surface area contributed by atoms with E-state index in [1.54, 1.807) is 11.3 Å². The number of halogens is 1. The number of fused-ring (bicyclic) bond motifs is 1. The fourth-order valence-electron chi connectivity index (χ4n) is 2.73. The first kappa shape index (κ1) is 16.9. The van der Waals surface area contributed by atoms with Gasteiger partial charge >= 0.3 is 0 Å². The van der Waals surface area contributed by atoms with E-state index in [4.69, 9.17) is 4.98 Å². The molecule has 0 aliphatic rings. The van der Waals surface area contributed by atoms with E-state index in [1.807, 2.05) is 38.1 Å². The maximum atomic E-state index is 13.1. The van der Waals surface area contributed by atoms with Gasteiger partial charge in [-0.25, -0.2) is 9.37 Å². The van der Waals surface area contributed by atoms with Crippen molar-refractivity contribution in [3.8, 4) is 10.6 Å². The first-order chi connectivity index (χ1) is 12.5. The van der Waals surface area contributed by atoms with Gasteiger partial charge in [0, 0.05) is 16.0 Å². The van der Waals surface area contributed by atoms with E-state index in [-0.39, 0.29) is 11.7 Å². The predicted molar refractivity (Wildman–Crippen MR) is 107 cm³/mol. The maximum Gasteiger partial charge on any atom is 0.256 e. The van der Waals surface area contributed by atoms with E-state index in [1.165, 1.54) is 35.6 Å². The average Bonchev–Trinajstić information content (AvgIpc) is 3.16. The van der Waals surface area contributed by atoms with Crippen LogP contribution in [-0.2, 0) is 0 Å². The van der Waals surface area contributed by atoms with Gasteiger partial charge in [0.2, 0.25) is 0 Å². The zero-order valence-corrected chi connectivity index (χ0v) is 15.8. The second kappa shape index (κ2) is 6.63. The molecule has 3 nitrogen and oxygen atoms in total. The zero-order valence-electron chi connectivity index (χ0n) is 14.2. The van der Waals surface area contributed by atoms with Gasteiger partial charge < -0.3 is 5.32 Å². The van der Waals surface area contributed by atoms with Crippen LogP contribution >= 0.6 is 22.7 Å². The van der Waals surface area contributed by atoms with Gasteiger partial charge in [-0.15, -0.1) is 22.7 Å². The molecule has 0 unspecified atom stereocenters. The van der Waals surface area contributed by atoms with Crippen LogP contribution in [0.2, 0.25) is 0 Å². The Morgan fingerprint density at radius 3 is 2.50 bits per heavy atom. The van der Waals surface area contributed by atoms with E-state index in [0.717, 1.165) is 36.2 Å². The van der Waals surface area contributed by atoms with Gasteiger partial charge in [0.05, 0.1) is 10.2 Å². The smallest absolute Gasteiger partial charge is 0.256 e. The number of carbonyl (C=O) groups excluding carboxylic acids is 1. The number of hydrogen-bond acceptors (Lipinski definition) is 4. The summed E-state index contributed by atoms with van der Waals surface area (Å²) in [4.78, 5) is 18.4. The number of nitrogens with zero attached hydrogens (tertiary/aromatic N) is 1. The molecular weight excluding hydrogens is 367 g/mol. The number of aromatic nitrogens is 1. The monoisotopic (exact) mass is 382 g/mol. The summed E-state index contributed by atoms with van der Waals surface area (Å²) in [6.07, 6.45) is 0. The molecule has 2 heterocycles. The summed E-state index contributed by atoms with van der Waals surface area (Å²) in [5.41, 5.74) is 3.45. The number of anilines is 1. The lowest BCUT2D eigenvalue weighted by atomic mass is 10.1. The fraction of sp³-hybridized carbons (Fsp3) is 0.100. The molecule has 0 atom stereocenters. The van der Waals surface area contributed by atoms with Gasteiger partial charge in [0.15, 0.2) is 0 Å².